The van der Waals surface area contributed by atoms with Crippen molar-refractivity contribution in [1.82, 2.24) is 0 Å². The summed E-state index contributed by atoms with van der Waals surface area (Å²) >= 11 is 0. The molecule has 20 heavy (non-hydrogen) atoms. The van der Waals surface area contributed by atoms with E-state index >= 15 is 0 Å². The Morgan fingerprint density at radius 1 is 1.15 bits per heavy atom. The van der Waals surface area contributed by atoms with Gasteiger partial charge in [-0.15, -0.1) is 0 Å². The summed E-state index contributed by atoms with van der Waals surface area (Å²) in [5.41, 5.74) is 0.579. The normalized spacial score (nSPS) is 12.8. The van der Waals surface area contributed by atoms with Gasteiger partial charge in [-0.05, 0) is 39.2 Å². The topological polar surface area (TPSA) is 43.4 Å². The molecule has 0 aliphatic rings. The van der Waals surface area contributed by atoms with Crippen molar-refractivity contribution in [1.29, 1.82) is 0 Å². The quantitative estimate of drug-likeness (QED) is 0.589. The highest BCUT2D eigenvalue weighted by atomic mass is 16.6. The number of carbonyl (C=O) groups excluding carboxylic acids is 2. The van der Waals surface area contributed by atoms with Gasteiger partial charge in [0.15, 0.2) is 0 Å². The van der Waals surface area contributed by atoms with Crippen molar-refractivity contribution in [3.63, 3.8) is 0 Å². The molecule has 0 heterocycles. The molecule has 3 nitrogen and oxygen atoms in total. The molecular weight excluding hydrogens is 252 g/mol. The second-order valence-electron chi connectivity index (χ2n) is 6.02. The fraction of sp³-hybridized carbons (Fsp3) is 0.529. The summed E-state index contributed by atoms with van der Waals surface area (Å²) in [6.45, 7) is 7.38. The highest BCUT2D eigenvalue weighted by Gasteiger charge is 2.23. The summed E-state index contributed by atoms with van der Waals surface area (Å²) in [6, 6.07) is 9.88. The highest BCUT2D eigenvalue weighted by molar-refractivity contribution is 5.97. The number of benzene rings is 1. The molecule has 0 bridgehead atoms. The van der Waals surface area contributed by atoms with Crippen LogP contribution >= 0.6 is 0 Å². The summed E-state index contributed by atoms with van der Waals surface area (Å²) in [4.78, 5) is 23.9. The lowest BCUT2D eigenvalue weighted by Gasteiger charge is -2.20. The van der Waals surface area contributed by atoms with Gasteiger partial charge in [0.1, 0.15) is 17.8 Å². The van der Waals surface area contributed by atoms with Gasteiger partial charge < -0.3 is 4.74 Å². The Hall–Kier alpha value is -1.64. The number of ether oxygens (including phenoxy) is 1. The lowest BCUT2D eigenvalue weighted by molar-refractivity contribution is -0.156. The average Bonchev–Trinajstić information content (AvgIpc) is 2.34. The predicted molar refractivity (Wildman–Crippen MR) is 79.4 cm³/mol. The molecule has 0 aromatic heterocycles. The van der Waals surface area contributed by atoms with Crippen LogP contribution in [0.2, 0.25) is 0 Å². The van der Waals surface area contributed by atoms with E-state index in [0.717, 1.165) is 12.0 Å². The molecule has 0 N–H and O–H groups in total. The molecule has 0 saturated carbocycles. The molecule has 1 aromatic rings. The molecule has 0 fully saturated rings. The first-order valence-electron chi connectivity index (χ1n) is 7.10. The van der Waals surface area contributed by atoms with Gasteiger partial charge >= 0.3 is 5.97 Å². The Labute approximate surface area is 121 Å². The van der Waals surface area contributed by atoms with Crippen LogP contribution in [0, 0.1) is 5.92 Å². The van der Waals surface area contributed by atoms with E-state index in [9.17, 15) is 9.59 Å². The number of ketones is 1. The van der Waals surface area contributed by atoms with Gasteiger partial charge in [-0.1, -0.05) is 37.3 Å². The minimum atomic E-state index is -0.543. The molecule has 0 radical (unpaired) electrons. The average molecular weight is 276 g/mol. The van der Waals surface area contributed by atoms with Crippen molar-refractivity contribution in [2.75, 3.05) is 0 Å². The van der Waals surface area contributed by atoms with Crippen molar-refractivity contribution in [2.24, 2.45) is 5.92 Å². The SMILES string of the molecule is CC[C@H](Cc1ccccc1)C(=O)CC(=O)OC(C)(C)C. The van der Waals surface area contributed by atoms with Crippen molar-refractivity contribution in [2.45, 2.75) is 52.6 Å². The van der Waals surface area contributed by atoms with E-state index in [4.69, 9.17) is 4.74 Å². The molecule has 0 unspecified atom stereocenters. The zero-order chi connectivity index (χ0) is 15.2. The number of hydrogen-bond donors (Lipinski definition) is 0. The number of carbonyl (C=O) groups is 2. The van der Waals surface area contributed by atoms with E-state index in [1.807, 2.05) is 37.3 Å². The van der Waals surface area contributed by atoms with Crippen LogP contribution < -0.4 is 0 Å². The maximum absolute atomic E-state index is 12.2. The van der Waals surface area contributed by atoms with Crippen LogP contribution in [0.15, 0.2) is 30.3 Å². The molecule has 1 rings (SSSR count). The van der Waals surface area contributed by atoms with Gasteiger partial charge in [0, 0.05) is 5.92 Å². The van der Waals surface area contributed by atoms with E-state index in [0.29, 0.717) is 6.42 Å². The van der Waals surface area contributed by atoms with E-state index < -0.39 is 11.6 Å². The van der Waals surface area contributed by atoms with Gasteiger partial charge in [-0.2, -0.15) is 0 Å². The van der Waals surface area contributed by atoms with Crippen LogP contribution in [0.1, 0.15) is 46.1 Å². The minimum Gasteiger partial charge on any atom is -0.460 e. The standard InChI is InChI=1S/C17H24O3/c1-5-14(11-13-9-7-6-8-10-13)15(18)12-16(19)20-17(2,3)4/h6-10,14H,5,11-12H2,1-4H3/t14-/m1/s1. The number of rotatable bonds is 6. The third-order valence-electron chi connectivity index (χ3n) is 3.01. The molecule has 0 spiro atoms. The van der Waals surface area contributed by atoms with Crippen molar-refractivity contribution in [3.8, 4) is 0 Å². The van der Waals surface area contributed by atoms with Crippen molar-refractivity contribution < 1.29 is 14.3 Å². The molecule has 1 atom stereocenters. The van der Waals surface area contributed by atoms with Crippen LogP contribution in [-0.2, 0) is 20.7 Å². The summed E-state index contributed by atoms with van der Waals surface area (Å²) in [6.07, 6.45) is 1.28. The zero-order valence-corrected chi connectivity index (χ0v) is 12.8. The Bertz CT molecular complexity index is 443. The molecule has 0 aliphatic heterocycles. The Morgan fingerprint density at radius 2 is 1.75 bits per heavy atom. The van der Waals surface area contributed by atoms with E-state index in [2.05, 4.69) is 0 Å². The lowest BCUT2D eigenvalue weighted by atomic mass is 9.91. The van der Waals surface area contributed by atoms with Crippen LogP contribution in [0.3, 0.4) is 0 Å². The number of Topliss-reactive ketones (excluding diaryl/α,β-unsaturated/α-hetero) is 1. The first-order chi connectivity index (χ1) is 9.31. The van der Waals surface area contributed by atoms with Crippen molar-refractivity contribution in [3.05, 3.63) is 35.9 Å². The summed E-state index contributed by atoms with van der Waals surface area (Å²) in [7, 11) is 0. The molecular formula is C17H24O3. The van der Waals surface area contributed by atoms with E-state index in [1.165, 1.54) is 0 Å². The Morgan fingerprint density at radius 3 is 2.25 bits per heavy atom. The minimum absolute atomic E-state index is 0.0365. The van der Waals surface area contributed by atoms with Crippen molar-refractivity contribution >= 4 is 11.8 Å². The summed E-state index contributed by atoms with van der Waals surface area (Å²) in [5, 5.41) is 0. The predicted octanol–water partition coefficient (Wildman–Crippen LogP) is 3.56. The second kappa shape index (κ2) is 7.22. The molecule has 0 aliphatic carbocycles. The zero-order valence-electron chi connectivity index (χ0n) is 12.8. The second-order valence-corrected chi connectivity index (χ2v) is 6.02. The fourth-order valence-electron chi connectivity index (χ4n) is 2.05. The monoisotopic (exact) mass is 276 g/mol. The Kier molecular flexibility index (Phi) is 5.93. The van der Waals surface area contributed by atoms with E-state index in [-0.39, 0.29) is 18.1 Å². The first kappa shape index (κ1) is 16.4. The molecule has 1 aromatic carbocycles. The maximum Gasteiger partial charge on any atom is 0.313 e. The number of esters is 1. The third-order valence-corrected chi connectivity index (χ3v) is 3.01. The van der Waals surface area contributed by atoms with Gasteiger partial charge in [-0.3, -0.25) is 9.59 Å². The third kappa shape index (κ3) is 6.00. The summed E-state index contributed by atoms with van der Waals surface area (Å²) < 4.78 is 5.19. The number of hydrogen-bond acceptors (Lipinski definition) is 3. The van der Waals surface area contributed by atoms with Gasteiger partial charge in [0.25, 0.3) is 0 Å². The van der Waals surface area contributed by atoms with Crippen LogP contribution in [0.5, 0.6) is 0 Å². The van der Waals surface area contributed by atoms with E-state index in [1.54, 1.807) is 20.8 Å². The highest BCUT2D eigenvalue weighted by Crippen LogP contribution is 2.16. The van der Waals surface area contributed by atoms with Gasteiger partial charge in [0.2, 0.25) is 0 Å². The molecule has 3 heteroatoms. The maximum atomic E-state index is 12.2. The largest absolute Gasteiger partial charge is 0.460 e. The summed E-state index contributed by atoms with van der Waals surface area (Å²) in [5.74, 6) is -0.593. The smallest absolute Gasteiger partial charge is 0.313 e. The molecule has 110 valence electrons. The van der Waals surface area contributed by atoms with Gasteiger partial charge in [0.05, 0.1) is 0 Å². The van der Waals surface area contributed by atoms with Gasteiger partial charge in [-0.25, -0.2) is 0 Å². The first-order valence-corrected chi connectivity index (χ1v) is 7.10. The lowest BCUT2D eigenvalue weighted by Crippen LogP contribution is -2.27. The van der Waals surface area contributed by atoms with Crippen LogP contribution in [0.4, 0.5) is 0 Å². The van der Waals surface area contributed by atoms with Crippen LogP contribution in [0.25, 0.3) is 0 Å². The molecule has 0 saturated heterocycles. The van der Waals surface area contributed by atoms with Crippen LogP contribution in [-0.4, -0.2) is 17.4 Å². The Balaban J connectivity index is 2.57. The molecule has 0 amide bonds. The fourth-order valence-corrected chi connectivity index (χ4v) is 2.05.